The van der Waals surface area contributed by atoms with Gasteiger partial charge in [0.25, 0.3) is 0 Å². The van der Waals surface area contributed by atoms with Crippen LogP contribution in [0.5, 0.6) is 0 Å². The van der Waals surface area contributed by atoms with Gasteiger partial charge in [0.1, 0.15) is 0 Å². The van der Waals surface area contributed by atoms with E-state index in [0.717, 1.165) is 12.2 Å². The Hall–Kier alpha value is -0.720. The lowest BCUT2D eigenvalue weighted by Gasteiger charge is -1.90. The molecule has 0 saturated carbocycles. The first-order chi connectivity index (χ1) is 3.77. The molecule has 0 unspecified atom stereocenters. The molecule has 0 aromatic carbocycles. The summed E-state index contributed by atoms with van der Waals surface area (Å²) in [6, 6.07) is 0. The van der Waals surface area contributed by atoms with E-state index in [9.17, 15) is 0 Å². The zero-order chi connectivity index (χ0) is 6.41. The first-order valence-electron chi connectivity index (χ1n) is 2.71. The highest BCUT2D eigenvalue weighted by atomic mass is 16.5. The van der Waals surface area contributed by atoms with Gasteiger partial charge in [-0.05, 0) is 19.9 Å². The highest BCUT2D eigenvalue weighted by Gasteiger charge is 1.70. The van der Waals surface area contributed by atoms with Crippen molar-refractivity contribution in [1.29, 1.82) is 0 Å². The van der Waals surface area contributed by atoms with E-state index in [0.29, 0.717) is 0 Å². The summed E-state index contributed by atoms with van der Waals surface area (Å²) in [6.07, 6.45) is 3.49. The molecular formula is C7H12O. The summed E-state index contributed by atoms with van der Waals surface area (Å²) in [5.74, 6) is 0. The summed E-state index contributed by atoms with van der Waals surface area (Å²) in [7, 11) is 0. The predicted octanol–water partition coefficient (Wildman–Crippen LogP) is 2.11. The highest BCUT2D eigenvalue weighted by molar-refractivity contribution is 5.08. The van der Waals surface area contributed by atoms with E-state index in [1.165, 1.54) is 0 Å². The molecule has 1 nitrogen and oxygen atoms in total. The van der Waals surface area contributed by atoms with Crippen LogP contribution in [0.4, 0.5) is 0 Å². The van der Waals surface area contributed by atoms with Crippen LogP contribution in [0.2, 0.25) is 0 Å². The Kier molecular flexibility index (Phi) is 4.04. The van der Waals surface area contributed by atoms with Crippen LogP contribution in [0.25, 0.3) is 0 Å². The van der Waals surface area contributed by atoms with Crippen LogP contribution in [-0.2, 0) is 4.74 Å². The maximum absolute atomic E-state index is 4.90. The van der Waals surface area contributed by atoms with Crippen LogP contribution in [0.15, 0.2) is 24.5 Å². The topological polar surface area (TPSA) is 9.23 Å². The molecule has 0 atom stereocenters. The van der Waals surface area contributed by atoms with Gasteiger partial charge < -0.3 is 4.74 Å². The van der Waals surface area contributed by atoms with Gasteiger partial charge in [-0.3, -0.25) is 0 Å². The third kappa shape index (κ3) is 5.28. The molecule has 0 bridgehead atoms. The molecule has 0 aliphatic rings. The van der Waals surface area contributed by atoms with E-state index in [1.807, 2.05) is 19.9 Å². The molecular weight excluding hydrogens is 100 g/mol. The Labute approximate surface area is 50.7 Å². The molecule has 0 aromatic heterocycles. The fourth-order valence-electron chi connectivity index (χ4n) is 0.260. The van der Waals surface area contributed by atoms with Crippen LogP contribution in [-0.4, -0.2) is 6.61 Å². The molecule has 0 radical (unpaired) electrons. The van der Waals surface area contributed by atoms with Crippen LogP contribution in [0.3, 0.4) is 0 Å². The molecule has 46 valence electrons. The Balaban J connectivity index is 3.20. The molecule has 0 spiro atoms. The number of allylic oxidation sites excluding steroid dienone is 2. The van der Waals surface area contributed by atoms with Crippen molar-refractivity contribution in [3.05, 3.63) is 24.5 Å². The summed E-state index contributed by atoms with van der Waals surface area (Å²) in [6.45, 7) is 8.26. The number of hydrogen-bond acceptors (Lipinski definition) is 1. The molecule has 8 heavy (non-hydrogen) atoms. The van der Waals surface area contributed by atoms with Gasteiger partial charge in [-0.25, -0.2) is 0 Å². The molecule has 0 aliphatic heterocycles. The largest absolute Gasteiger partial charge is 0.501 e. The average molecular weight is 112 g/mol. The zero-order valence-corrected chi connectivity index (χ0v) is 5.48. The Bertz CT molecular complexity index is 92.6. The summed E-state index contributed by atoms with van der Waals surface area (Å²) in [4.78, 5) is 0. The fraction of sp³-hybridized carbons (Fsp3) is 0.429. The van der Waals surface area contributed by atoms with Crippen molar-refractivity contribution >= 4 is 0 Å². The second-order valence-electron chi connectivity index (χ2n) is 1.60. The van der Waals surface area contributed by atoms with Crippen molar-refractivity contribution < 1.29 is 4.74 Å². The van der Waals surface area contributed by atoms with Gasteiger partial charge in [-0.2, -0.15) is 0 Å². The van der Waals surface area contributed by atoms with Crippen molar-refractivity contribution in [2.24, 2.45) is 0 Å². The van der Waals surface area contributed by atoms with Gasteiger partial charge in [-0.1, -0.05) is 12.2 Å². The van der Waals surface area contributed by atoms with Crippen molar-refractivity contribution in [2.75, 3.05) is 6.61 Å². The fourth-order valence-corrected chi connectivity index (χ4v) is 0.260. The Morgan fingerprint density at radius 1 is 1.75 bits per heavy atom. The van der Waals surface area contributed by atoms with Gasteiger partial charge >= 0.3 is 0 Å². The summed E-state index contributed by atoms with van der Waals surface area (Å²) < 4.78 is 4.90. The predicted molar refractivity (Wildman–Crippen MR) is 35.6 cm³/mol. The van der Waals surface area contributed by atoms with Gasteiger partial charge in [0.2, 0.25) is 0 Å². The second kappa shape index (κ2) is 4.44. The maximum atomic E-state index is 4.90. The summed E-state index contributed by atoms with van der Waals surface area (Å²) in [5, 5.41) is 0. The van der Waals surface area contributed by atoms with Crippen molar-refractivity contribution in [2.45, 2.75) is 13.8 Å². The van der Waals surface area contributed by atoms with E-state index in [4.69, 9.17) is 4.74 Å². The van der Waals surface area contributed by atoms with Crippen LogP contribution < -0.4 is 0 Å². The summed E-state index contributed by atoms with van der Waals surface area (Å²) >= 11 is 0. The normalized spacial score (nSPS) is 9.75. The number of hydrogen-bond donors (Lipinski definition) is 0. The number of ether oxygens (including phenoxy) is 1. The van der Waals surface area contributed by atoms with Crippen LogP contribution in [0, 0.1) is 0 Å². The molecule has 0 fully saturated rings. The molecule has 0 aromatic rings. The minimum absolute atomic E-state index is 0.726. The molecule has 0 rings (SSSR count). The molecule has 0 saturated heterocycles. The average Bonchev–Trinajstić information content (AvgIpc) is 1.66. The molecule has 0 N–H and O–H groups in total. The maximum Gasteiger partial charge on any atom is 0.0845 e. The van der Waals surface area contributed by atoms with E-state index >= 15 is 0 Å². The van der Waals surface area contributed by atoms with E-state index in [1.54, 1.807) is 6.26 Å². The van der Waals surface area contributed by atoms with Crippen LogP contribution in [0.1, 0.15) is 13.8 Å². The third-order valence-electron chi connectivity index (χ3n) is 0.615. The van der Waals surface area contributed by atoms with Crippen molar-refractivity contribution in [3.63, 3.8) is 0 Å². The van der Waals surface area contributed by atoms with Gasteiger partial charge in [-0.15, -0.1) is 0 Å². The van der Waals surface area contributed by atoms with Gasteiger partial charge in [0.05, 0.1) is 12.9 Å². The molecule has 0 aliphatic carbocycles. The van der Waals surface area contributed by atoms with Gasteiger partial charge in [0.15, 0.2) is 0 Å². The minimum Gasteiger partial charge on any atom is -0.501 e. The molecule has 1 heteroatoms. The smallest absolute Gasteiger partial charge is 0.0845 e. The first kappa shape index (κ1) is 7.28. The standard InChI is InChI=1S/C7H12O/c1-4-8-6-5-7(2)3/h5-6H,2,4H2,1,3H3/b6-5+. The minimum atomic E-state index is 0.726. The molecule has 0 heterocycles. The van der Waals surface area contributed by atoms with E-state index in [-0.39, 0.29) is 0 Å². The summed E-state index contributed by atoms with van der Waals surface area (Å²) in [5.41, 5.74) is 1.01. The monoisotopic (exact) mass is 112 g/mol. The van der Waals surface area contributed by atoms with Gasteiger partial charge in [0, 0.05) is 0 Å². The van der Waals surface area contributed by atoms with E-state index in [2.05, 4.69) is 6.58 Å². The zero-order valence-electron chi connectivity index (χ0n) is 5.48. The van der Waals surface area contributed by atoms with Crippen LogP contribution >= 0.6 is 0 Å². The Morgan fingerprint density at radius 2 is 2.38 bits per heavy atom. The lowest BCUT2D eigenvalue weighted by molar-refractivity contribution is 0.269. The van der Waals surface area contributed by atoms with Crippen molar-refractivity contribution in [3.8, 4) is 0 Å². The van der Waals surface area contributed by atoms with E-state index < -0.39 is 0 Å². The lowest BCUT2D eigenvalue weighted by atomic mass is 10.4. The first-order valence-corrected chi connectivity index (χ1v) is 2.71. The Morgan fingerprint density at radius 3 is 2.75 bits per heavy atom. The third-order valence-corrected chi connectivity index (χ3v) is 0.615. The van der Waals surface area contributed by atoms with Crippen molar-refractivity contribution in [1.82, 2.24) is 0 Å². The SMILES string of the molecule is C=C(C)/C=C/OCC. The quantitative estimate of drug-likeness (QED) is 0.401. The second-order valence-corrected chi connectivity index (χ2v) is 1.60. The lowest BCUT2D eigenvalue weighted by Crippen LogP contribution is -1.75. The highest BCUT2D eigenvalue weighted by Crippen LogP contribution is 1.88. The molecule has 0 amide bonds. The number of rotatable bonds is 3.